The Hall–Kier alpha value is -2.44. The second-order valence-corrected chi connectivity index (χ2v) is 7.34. The Morgan fingerprint density at radius 1 is 1.39 bits per heavy atom. The van der Waals surface area contributed by atoms with Crippen LogP contribution >= 0.6 is 27.7 Å². The summed E-state index contributed by atoms with van der Waals surface area (Å²) < 4.78 is 16.2. The summed E-state index contributed by atoms with van der Waals surface area (Å²) in [7, 11) is 1.48. The minimum atomic E-state index is -1.00. The molecule has 0 aliphatic carbocycles. The van der Waals surface area contributed by atoms with Crippen molar-refractivity contribution in [1.82, 2.24) is 4.90 Å². The van der Waals surface area contributed by atoms with Crippen LogP contribution in [0.5, 0.6) is 11.5 Å². The monoisotopic (exact) mass is 467 g/mol. The van der Waals surface area contributed by atoms with E-state index in [0.29, 0.717) is 21.5 Å². The lowest BCUT2D eigenvalue weighted by Gasteiger charge is -2.19. The summed E-state index contributed by atoms with van der Waals surface area (Å²) in [6, 6.07) is 2.31. The van der Waals surface area contributed by atoms with Crippen molar-refractivity contribution in [2.45, 2.75) is 19.9 Å². The number of halogens is 1. The number of amides is 2. The van der Waals surface area contributed by atoms with Gasteiger partial charge in [0.15, 0.2) is 11.5 Å². The van der Waals surface area contributed by atoms with Crippen LogP contribution < -0.4 is 9.47 Å². The fraction of sp³-hybridized carbons (Fsp3) is 0.316. The van der Waals surface area contributed by atoms with Gasteiger partial charge in [-0.1, -0.05) is 21.9 Å². The molecule has 0 aromatic heterocycles. The lowest BCUT2D eigenvalue weighted by atomic mass is 10.1. The van der Waals surface area contributed by atoms with Gasteiger partial charge in [0.2, 0.25) is 0 Å². The molecule has 1 aromatic carbocycles. The summed E-state index contributed by atoms with van der Waals surface area (Å²) in [5.74, 6) is 2.03. The molecule has 2 amide bonds. The van der Waals surface area contributed by atoms with E-state index in [2.05, 4.69) is 21.9 Å². The van der Waals surface area contributed by atoms with Crippen molar-refractivity contribution >= 4 is 50.9 Å². The predicted molar refractivity (Wildman–Crippen MR) is 109 cm³/mol. The fourth-order valence-electron chi connectivity index (χ4n) is 2.38. The van der Waals surface area contributed by atoms with Crippen LogP contribution in [0.1, 0.15) is 19.4 Å². The molecule has 1 aliphatic rings. The number of carbonyl (C=O) groups excluding carboxylic acids is 3. The molecule has 7 nitrogen and oxygen atoms in total. The van der Waals surface area contributed by atoms with Crippen LogP contribution in [-0.4, -0.2) is 48.4 Å². The molecule has 1 heterocycles. The second-order valence-electron chi connectivity index (χ2n) is 5.50. The van der Waals surface area contributed by atoms with E-state index in [4.69, 9.17) is 20.6 Å². The smallest absolute Gasteiger partial charge is 0.329 e. The molecule has 1 aliphatic heterocycles. The summed E-state index contributed by atoms with van der Waals surface area (Å²) in [5, 5.41) is -0.533. The van der Waals surface area contributed by atoms with Crippen molar-refractivity contribution in [1.29, 1.82) is 0 Å². The van der Waals surface area contributed by atoms with E-state index >= 15 is 0 Å². The van der Waals surface area contributed by atoms with Gasteiger partial charge in [0.25, 0.3) is 11.1 Å². The van der Waals surface area contributed by atoms with E-state index in [9.17, 15) is 14.4 Å². The number of esters is 1. The summed E-state index contributed by atoms with van der Waals surface area (Å²) >= 11 is 4.16. The molecule has 148 valence electrons. The predicted octanol–water partition coefficient (Wildman–Crippen LogP) is 3.46. The first-order valence-corrected chi connectivity index (χ1v) is 9.82. The molecule has 1 aromatic rings. The molecular formula is C19H18BrNO6S. The number of nitrogens with zero attached hydrogens (tertiary/aromatic N) is 1. The highest BCUT2D eigenvalue weighted by molar-refractivity contribution is 9.10. The van der Waals surface area contributed by atoms with E-state index < -0.39 is 23.2 Å². The standard InChI is InChI=1S/C19H18BrNO6S/c1-5-7-27-15-10-13(20)12(8-14(15)25-4)9-16-17(22)21(19(24)28-16)11(3)18(23)26-6-2/h1,8-11H,6-7H2,2-4H3/b16-9+/t11-/m1/s1. The third-order valence-corrected chi connectivity index (χ3v) is 5.29. The summed E-state index contributed by atoms with van der Waals surface area (Å²) in [6.07, 6.45) is 6.75. The third-order valence-electron chi connectivity index (χ3n) is 3.72. The van der Waals surface area contributed by atoms with Crippen LogP contribution in [0.25, 0.3) is 6.08 Å². The number of benzene rings is 1. The molecular weight excluding hydrogens is 450 g/mol. The Balaban J connectivity index is 2.33. The quantitative estimate of drug-likeness (QED) is 0.345. The largest absolute Gasteiger partial charge is 0.493 e. The molecule has 0 unspecified atom stereocenters. The van der Waals surface area contributed by atoms with Gasteiger partial charge < -0.3 is 14.2 Å². The molecule has 28 heavy (non-hydrogen) atoms. The molecule has 2 rings (SSSR count). The van der Waals surface area contributed by atoms with E-state index in [-0.39, 0.29) is 18.1 Å². The summed E-state index contributed by atoms with van der Waals surface area (Å²) in [6.45, 7) is 3.34. The fourth-order valence-corrected chi connectivity index (χ4v) is 3.71. The van der Waals surface area contributed by atoms with Gasteiger partial charge in [0.05, 0.1) is 18.6 Å². The van der Waals surface area contributed by atoms with Crippen LogP contribution in [0.3, 0.4) is 0 Å². The van der Waals surface area contributed by atoms with E-state index in [1.165, 1.54) is 14.0 Å². The van der Waals surface area contributed by atoms with Gasteiger partial charge in [0, 0.05) is 4.47 Å². The number of carbonyl (C=O) groups is 3. The average molecular weight is 468 g/mol. The number of terminal acetylenes is 1. The molecule has 0 saturated carbocycles. The van der Waals surface area contributed by atoms with E-state index in [1.807, 2.05) is 0 Å². The van der Waals surface area contributed by atoms with Crippen LogP contribution in [0, 0.1) is 12.3 Å². The molecule has 0 bridgehead atoms. The maximum atomic E-state index is 12.7. The molecule has 0 N–H and O–H groups in total. The lowest BCUT2D eigenvalue weighted by Crippen LogP contribution is -2.42. The normalized spacial score (nSPS) is 16.1. The van der Waals surface area contributed by atoms with Crippen LogP contribution in [0.15, 0.2) is 21.5 Å². The van der Waals surface area contributed by atoms with Gasteiger partial charge in [-0.25, -0.2) is 4.79 Å². The Kier molecular flexibility index (Phi) is 7.54. The molecule has 9 heteroatoms. The Bertz CT molecular complexity index is 876. The van der Waals surface area contributed by atoms with Crippen molar-refractivity contribution in [3.63, 3.8) is 0 Å². The number of ether oxygens (including phenoxy) is 3. The first-order valence-electron chi connectivity index (χ1n) is 8.21. The Labute approximate surface area is 175 Å². The number of rotatable bonds is 7. The maximum Gasteiger partial charge on any atom is 0.329 e. The number of methoxy groups -OCH3 is 1. The van der Waals surface area contributed by atoms with Gasteiger partial charge in [-0.05, 0) is 49.4 Å². The zero-order chi connectivity index (χ0) is 20.8. The zero-order valence-electron chi connectivity index (χ0n) is 15.5. The lowest BCUT2D eigenvalue weighted by molar-refractivity contribution is -0.150. The second kappa shape index (κ2) is 9.66. The Morgan fingerprint density at radius 2 is 2.11 bits per heavy atom. The number of hydrogen-bond acceptors (Lipinski definition) is 7. The summed E-state index contributed by atoms with van der Waals surface area (Å²) in [4.78, 5) is 37.9. The molecule has 0 radical (unpaired) electrons. The van der Waals surface area contributed by atoms with Crippen molar-refractivity contribution in [3.8, 4) is 23.8 Å². The number of hydrogen-bond donors (Lipinski definition) is 0. The van der Waals surface area contributed by atoms with Crippen LogP contribution in [0.4, 0.5) is 4.79 Å². The molecule has 1 atom stereocenters. The van der Waals surface area contributed by atoms with Crippen molar-refractivity contribution in [2.24, 2.45) is 0 Å². The van der Waals surface area contributed by atoms with Gasteiger partial charge in [-0.15, -0.1) is 6.42 Å². The highest BCUT2D eigenvalue weighted by Crippen LogP contribution is 2.38. The van der Waals surface area contributed by atoms with E-state index in [0.717, 1.165) is 16.7 Å². The number of imide groups is 1. The van der Waals surface area contributed by atoms with Gasteiger partial charge in [-0.3, -0.25) is 14.5 Å². The van der Waals surface area contributed by atoms with Gasteiger partial charge in [0.1, 0.15) is 12.6 Å². The SMILES string of the molecule is C#CCOc1cc(Br)c(/C=C2/SC(=O)N([C@H](C)C(=O)OCC)C2=O)cc1OC. The maximum absolute atomic E-state index is 12.7. The van der Waals surface area contributed by atoms with Crippen LogP contribution in [-0.2, 0) is 14.3 Å². The minimum Gasteiger partial charge on any atom is -0.493 e. The average Bonchev–Trinajstić information content (AvgIpc) is 2.94. The Morgan fingerprint density at radius 3 is 2.71 bits per heavy atom. The molecule has 1 saturated heterocycles. The molecule has 1 fully saturated rings. The van der Waals surface area contributed by atoms with Crippen LogP contribution in [0.2, 0.25) is 0 Å². The van der Waals surface area contributed by atoms with Crippen molar-refractivity contribution in [3.05, 3.63) is 27.1 Å². The zero-order valence-corrected chi connectivity index (χ0v) is 17.9. The third kappa shape index (κ3) is 4.69. The number of thioether (sulfide) groups is 1. The van der Waals surface area contributed by atoms with Crippen molar-refractivity contribution in [2.75, 3.05) is 20.3 Å². The van der Waals surface area contributed by atoms with E-state index in [1.54, 1.807) is 25.1 Å². The van der Waals surface area contributed by atoms with Gasteiger partial charge in [-0.2, -0.15) is 0 Å². The first-order chi connectivity index (χ1) is 13.3. The first kappa shape index (κ1) is 21.9. The summed E-state index contributed by atoms with van der Waals surface area (Å²) in [5.41, 5.74) is 0.596. The van der Waals surface area contributed by atoms with Crippen molar-refractivity contribution < 1.29 is 28.6 Å². The topological polar surface area (TPSA) is 82.1 Å². The van der Waals surface area contributed by atoms with Gasteiger partial charge >= 0.3 is 5.97 Å². The highest BCUT2D eigenvalue weighted by Gasteiger charge is 2.41. The molecule has 0 spiro atoms. The highest BCUT2D eigenvalue weighted by atomic mass is 79.9. The minimum absolute atomic E-state index is 0.0762.